The molecule has 0 bridgehead atoms. The first-order valence-corrected chi connectivity index (χ1v) is 18.4. The zero-order valence-corrected chi connectivity index (χ0v) is 28.9. The molecule has 11 heteroatoms. The third kappa shape index (κ3) is 5.98. The average Bonchev–Trinajstić information content (AvgIpc) is 3.47. The quantitative estimate of drug-likeness (QED) is 0.131. The van der Waals surface area contributed by atoms with E-state index in [0.29, 0.717) is 16.1 Å². The number of rotatable bonds is 8. The lowest BCUT2D eigenvalue weighted by Gasteiger charge is -2.50. The van der Waals surface area contributed by atoms with Crippen molar-refractivity contribution in [3.63, 3.8) is 0 Å². The van der Waals surface area contributed by atoms with Crippen molar-refractivity contribution in [3.8, 4) is 0 Å². The smallest absolute Gasteiger partial charge is 0.253 e. The van der Waals surface area contributed by atoms with Gasteiger partial charge in [-0.15, -0.1) is 34.4 Å². The Morgan fingerprint density at radius 1 is 0.957 bits per heavy atom. The highest BCUT2D eigenvalue weighted by molar-refractivity contribution is 9.10. The van der Waals surface area contributed by atoms with Crippen LogP contribution in [0.5, 0.6) is 0 Å². The predicted octanol–water partition coefficient (Wildman–Crippen LogP) is 7.57. The van der Waals surface area contributed by atoms with Gasteiger partial charge in [-0.1, -0.05) is 91.0 Å². The summed E-state index contributed by atoms with van der Waals surface area (Å²) in [5, 5.41) is 4.65. The molecule has 0 spiro atoms. The minimum Gasteiger partial charge on any atom is -0.469 e. The molecule has 7 rings (SSSR count). The molecule has 0 aliphatic carbocycles. The van der Waals surface area contributed by atoms with E-state index in [1.807, 2.05) is 96.4 Å². The maximum atomic E-state index is 13.9. The standard InChI is InChI=1S/C35H25BrN2O4S4/c36-24-19-44-32-25(39)17-26(46-31(24)32)23-18-45-34-28(37-27(40)16-20-10-4-1-5-11-20)33(41)38(34)29(23)35(43)42-30(21-12-6-2-7-13-21)22-14-8-3-9-15-22/h1-15,17,19,28,30,34H,16,18H2,(H,37,40)/t28?,34-/m1/s1. The number of carbonyl (C=O) groups excluding carboxylic acids is 2. The highest BCUT2D eigenvalue weighted by atomic mass is 79.9. The van der Waals surface area contributed by atoms with Crippen molar-refractivity contribution in [2.75, 3.05) is 5.75 Å². The Kier molecular flexibility index (Phi) is 8.93. The summed E-state index contributed by atoms with van der Waals surface area (Å²) in [5.41, 5.74) is 3.84. The fourth-order valence-electron chi connectivity index (χ4n) is 5.61. The SMILES string of the molecule is O=C(Cc1ccccc1)NC1C(=O)N2C(C(=S)OC(c3ccccc3)c3ccccc3)=C(c3cc(=O)c4scc(Br)c4s3)CS[C@H]12. The topological polar surface area (TPSA) is 75.7 Å². The highest BCUT2D eigenvalue weighted by Gasteiger charge is 2.54. The van der Waals surface area contributed by atoms with Crippen LogP contribution in [0.4, 0.5) is 0 Å². The number of nitrogens with zero attached hydrogens (tertiary/aromatic N) is 1. The fraction of sp³-hybridized carbons (Fsp3) is 0.143. The van der Waals surface area contributed by atoms with Gasteiger partial charge in [0.05, 0.1) is 15.8 Å². The monoisotopic (exact) mass is 744 g/mol. The number of hydrogen-bond acceptors (Lipinski definition) is 8. The summed E-state index contributed by atoms with van der Waals surface area (Å²) in [7, 11) is 0. The first-order chi connectivity index (χ1) is 22.4. The van der Waals surface area contributed by atoms with E-state index in [4.69, 9.17) is 17.0 Å². The molecule has 1 saturated heterocycles. The summed E-state index contributed by atoms with van der Waals surface area (Å²) in [4.78, 5) is 42.4. The third-order valence-corrected chi connectivity index (χ3v) is 12.9. The number of amides is 2. The molecular weight excluding hydrogens is 721 g/mol. The van der Waals surface area contributed by atoms with Gasteiger partial charge in [-0.2, -0.15) is 0 Å². The number of benzene rings is 3. The van der Waals surface area contributed by atoms with Crippen molar-refractivity contribution in [1.29, 1.82) is 0 Å². The van der Waals surface area contributed by atoms with Gasteiger partial charge in [0.15, 0.2) is 5.43 Å². The molecular formula is C35H25BrN2O4S4. The second-order valence-corrected chi connectivity index (χ2v) is 15.0. The van der Waals surface area contributed by atoms with E-state index in [1.54, 1.807) is 11.0 Å². The Balaban J connectivity index is 1.26. The fourth-order valence-corrected chi connectivity index (χ4v) is 10.3. The van der Waals surface area contributed by atoms with Gasteiger partial charge >= 0.3 is 0 Å². The van der Waals surface area contributed by atoms with Crippen molar-refractivity contribution in [2.45, 2.75) is 23.9 Å². The molecule has 2 aromatic heterocycles. The number of β-lactam (4-membered cyclic amide) rings is 1. The van der Waals surface area contributed by atoms with Crippen LogP contribution in [-0.4, -0.2) is 38.9 Å². The summed E-state index contributed by atoms with van der Waals surface area (Å²) >= 11 is 14.1. The molecule has 1 fully saturated rings. The van der Waals surface area contributed by atoms with E-state index in [0.717, 1.165) is 36.3 Å². The van der Waals surface area contributed by atoms with E-state index in [2.05, 4.69) is 21.2 Å². The lowest BCUT2D eigenvalue weighted by molar-refractivity contribution is -0.145. The van der Waals surface area contributed by atoms with Crippen LogP contribution in [0.2, 0.25) is 0 Å². The first kappa shape index (κ1) is 31.0. The van der Waals surface area contributed by atoms with E-state index < -0.39 is 12.1 Å². The molecule has 46 heavy (non-hydrogen) atoms. The maximum Gasteiger partial charge on any atom is 0.253 e. The summed E-state index contributed by atoms with van der Waals surface area (Å²) in [6.45, 7) is 0. The molecule has 2 aliphatic heterocycles. The predicted molar refractivity (Wildman–Crippen MR) is 194 cm³/mol. The number of halogens is 1. The minimum absolute atomic E-state index is 0.0855. The number of thiocarbonyl (C=S) groups is 1. The molecule has 1 N–H and O–H groups in total. The van der Waals surface area contributed by atoms with Gasteiger partial charge in [0.2, 0.25) is 11.0 Å². The van der Waals surface area contributed by atoms with Crippen LogP contribution in [-0.2, 0) is 20.7 Å². The summed E-state index contributed by atoms with van der Waals surface area (Å²) < 4.78 is 9.02. The van der Waals surface area contributed by atoms with E-state index in [-0.39, 0.29) is 34.1 Å². The number of ether oxygens (including phenoxy) is 1. The number of nitrogens with one attached hydrogen (secondary N) is 1. The van der Waals surface area contributed by atoms with Gasteiger partial charge in [0.25, 0.3) is 5.91 Å². The molecule has 2 atom stereocenters. The summed E-state index contributed by atoms with van der Waals surface area (Å²) in [5.74, 6) is -0.0135. The second-order valence-electron chi connectivity index (χ2n) is 10.8. The Morgan fingerprint density at radius 3 is 2.24 bits per heavy atom. The van der Waals surface area contributed by atoms with Gasteiger partial charge in [-0.25, -0.2) is 0 Å². The zero-order valence-electron chi connectivity index (χ0n) is 24.1. The van der Waals surface area contributed by atoms with E-state index in [9.17, 15) is 14.4 Å². The number of fused-ring (bicyclic) bond motifs is 2. The van der Waals surface area contributed by atoms with Crippen LogP contribution >= 0.6 is 62.6 Å². The molecule has 2 amide bonds. The second kappa shape index (κ2) is 13.2. The maximum absolute atomic E-state index is 13.9. The molecule has 0 saturated carbocycles. The van der Waals surface area contributed by atoms with Crippen molar-refractivity contribution in [2.24, 2.45) is 0 Å². The molecule has 6 nitrogen and oxygen atoms in total. The van der Waals surface area contributed by atoms with Crippen LogP contribution in [0, 0.1) is 0 Å². The van der Waals surface area contributed by atoms with E-state index in [1.165, 1.54) is 34.4 Å². The van der Waals surface area contributed by atoms with Gasteiger partial charge in [0, 0.05) is 32.1 Å². The number of carbonyl (C=O) groups is 2. The van der Waals surface area contributed by atoms with Gasteiger partial charge in [-0.3, -0.25) is 19.3 Å². The summed E-state index contributed by atoms with van der Waals surface area (Å²) in [6, 6.07) is 30.0. The van der Waals surface area contributed by atoms with Gasteiger partial charge < -0.3 is 10.1 Å². The number of thioether (sulfide) groups is 1. The van der Waals surface area contributed by atoms with Gasteiger partial charge in [-0.05, 0) is 44.8 Å². The first-order valence-electron chi connectivity index (χ1n) is 14.4. The molecule has 2 aliphatic rings. The van der Waals surface area contributed by atoms with Crippen LogP contribution in [0.25, 0.3) is 15.0 Å². The highest BCUT2D eigenvalue weighted by Crippen LogP contribution is 2.46. The van der Waals surface area contributed by atoms with Crippen molar-refractivity contribution < 1.29 is 14.3 Å². The van der Waals surface area contributed by atoms with Crippen molar-refractivity contribution in [1.82, 2.24) is 10.2 Å². The molecule has 230 valence electrons. The normalized spacial score (nSPS) is 17.5. The number of hydrogen-bond donors (Lipinski definition) is 1. The van der Waals surface area contributed by atoms with Crippen LogP contribution in [0.15, 0.2) is 117 Å². The molecule has 5 aromatic rings. The van der Waals surface area contributed by atoms with E-state index >= 15 is 0 Å². The Labute approximate surface area is 291 Å². The Bertz CT molecular complexity index is 2010. The molecule has 1 unspecified atom stereocenters. The largest absolute Gasteiger partial charge is 0.469 e. The molecule has 3 aromatic carbocycles. The minimum atomic E-state index is -0.702. The van der Waals surface area contributed by atoms with Gasteiger partial charge in [0.1, 0.15) is 23.2 Å². The Hall–Kier alpha value is -3.61. The lowest BCUT2D eigenvalue weighted by atomic mass is 10.00. The van der Waals surface area contributed by atoms with Crippen LogP contribution < -0.4 is 10.7 Å². The summed E-state index contributed by atoms with van der Waals surface area (Å²) in [6.07, 6.45) is -0.349. The van der Waals surface area contributed by atoms with Crippen molar-refractivity contribution in [3.05, 3.63) is 144 Å². The van der Waals surface area contributed by atoms with Crippen LogP contribution in [0.1, 0.15) is 27.7 Å². The van der Waals surface area contributed by atoms with Crippen molar-refractivity contribution >= 4 is 94.4 Å². The number of thiophene rings is 1. The van der Waals surface area contributed by atoms with Crippen LogP contribution in [0.3, 0.4) is 0 Å². The lowest BCUT2D eigenvalue weighted by Crippen LogP contribution is -2.70. The molecule has 4 heterocycles. The average molecular weight is 746 g/mol. The third-order valence-electron chi connectivity index (χ3n) is 7.81. The molecule has 0 radical (unpaired) electrons. The zero-order chi connectivity index (χ0) is 31.8. The Morgan fingerprint density at radius 2 is 1.59 bits per heavy atom.